The minimum Gasteiger partial charge on any atom is -0.493 e. The van der Waals surface area contributed by atoms with Crippen LogP contribution in [-0.2, 0) is 5.75 Å². The van der Waals surface area contributed by atoms with Crippen molar-refractivity contribution < 1.29 is 14.3 Å². The van der Waals surface area contributed by atoms with Crippen molar-refractivity contribution in [3.63, 3.8) is 0 Å². The first-order valence-corrected chi connectivity index (χ1v) is 9.45. The second-order valence-corrected chi connectivity index (χ2v) is 6.92. The van der Waals surface area contributed by atoms with Crippen molar-refractivity contribution in [3.05, 3.63) is 58.6 Å². The Morgan fingerprint density at radius 2 is 1.96 bits per heavy atom. The molecule has 0 fully saturated rings. The number of amidine groups is 1. The van der Waals surface area contributed by atoms with E-state index in [9.17, 15) is 4.79 Å². The van der Waals surface area contributed by atoms with Crippen molar-refractivity contribution >= 4 is 34.4 Å². The Kier molecular flexibility index (Phi) is 6.06. The third-order valence-corrected chi connectivity index (χ3v) is 5.42. The molecule has 136 valence electrons. The third-order valence-electron chi connectivity index (χ3n) is 3.99. The third kappa shape index (κ3) is 3.97. The van der Waals surface area contributed by atoms with Crippen molar-refractivity contribution in [1.82, 2.24) is 4.90 Å². The van der Waals surface area contributed by atoms with Crippen LogP contribution < -0.4 is 9.47 Å². The highest BCUT2D eigenvalue weighted by atomic mass is 35.5. The predicted octanol–water partition coefficient (Wildman–Crippen LogP) is 4.10. The zero-order valence-corrected chi connectivity index (χ0v) is 16.1. The molecule has 26 heavy (non-hydrogen) atoms. The van der Waals surface area contributed by atoms with Crippen LogP contribution in [0.15, 0.2) is 47.5 Å². The first kappa shape index (κ1) is 18.6. The highest BCUT2D eigenvalue weighted by Crippen LogP contribution is 2.29. The molecular weight excluding hydrogens is 372 g/mol. The number of aliphatic imine (C=N–C) groups is 1. The Hall–Kier alpha value is -2.18. The van der Waals surface area contributed by atoms with Crippen LogP contribution in [0.1, 0.15) is 15.9 Å². The van der Waals surface area contributed by atoms with Gasteiger partial charge >= 0.3 is 0 Å². The van der Waals surface area contributed by atoms with E-state index in [1.54, 1.807) is 37.3 Å². The Morgan fingerprint density at radius 3 is 2.69 bits per heavy atom. The molecule has 0 saturated carbocycles. The summed E-state index contributed by atoms with van der Waals surface area (Å²) in [5.41, 5.74) is 1.56. The monoisotopic (exact) mass is 390 g/mol. The highest BCUT2D eigenvalue weighted by molar-refractivity contribution is 8.13. The van der Waals surface area contributed by atoms with Crippen LogP contribution in [0.25, 0.3) is 0 Å². The van der Waals surface area contributed by atoms with E-state index in [4.69, 9.17) is 21.1 Å². The number of nitrogens with zero attached hydrogens (tertiary/aromatic N) is 2. The molecule has 2 aromatic rings. The summed E-state index contributed by atoms with van der Waals surface area (Å²) in [6, 6.07) is 12.8. The molecule has 1 aliphatic rings. The molecular formula is C19H19ClN2O3S. The number of carbonyl (C=O) groups excluding carboxylic acids is 1. The molecule has 0 N–H and O–H groups in total. The van der Waals surface area contributed by atoms with Crippen molar-refractivity contribution in [2.45, 2.75) is 5.75 Å². The molecule has 2 aromatic carbocycles. The van der Waals surface area contributed by atoms with Gasteiger partial charge in [0.1, 0.15) is 0 Å². The lowest BCUT2D eigenvalue weighted by atomic mass is 10.2. The minimum atomic E-state index is -0.103. The number of hydrogen-bond acceptors (Lipinski definition) is 5. The van der Waals surface area contributed by atoms with Gasteiger partial charge in [0.25, 0.3) is 5.91 Å². The average molecular weight is 391 g/mol. The van der Waals surface area contributed by atoms with E-state index >= 15 is 0 Å². The summed E-state index contributed by atoms with van der Waals surface area (Å²) >= 11 is 7.72. The summed E-state index contributed by atoms with van der Waals surface area (Å²) in [4.78, 5) is 19.1. The fourth-order valence-electron chi connectivity index (χ4n) is 2.62. The van der Waals surface area contributed by atoms with E-state index in [1.807, 2.05) is 24.3 Å². The number of benzene rings is 2. The van der Waals surface area contributed by atoms with Gasteiger partial charge in [0, 0.05) is 22.9 Å². The van der Waals surface area contributed by atoms with Gasteiger partial charge in [-0.2, -0.15) is 0 Å². The van der Waals surface area contributed by atoms with E-state index in [1.165, 1.54) is 11.8 Å². The lowest BCUT2D eigenvalue weighted by Gasteiger charge is -2.19. The number of amides is 1. The molecule has 0 bridgehead atoms. The average Bonchev–Trinajstić information content (AvgIpc) is 3.14. The molecule has 1 aliphatic heterocycles. The van der Waals surface area contributed by atoms with Crippen molar-refractivity contribution in [2.24, 2.45) is 4.99 Å². The topological polar surface area (TPSA) is 51.1 Å². The number of carbonyl (C=O) groups is 1. The van der Waals surface area contributed by atoms with Crippen LogP contribution in [0.4, 0.5) is 0 Å². The predicted molar refractivity (Wildman–Crippen MR) is 106 cm³/mol. The molecule has 7 heteroatoms. The summed E-state index contributed by atoms with van der Waals surface area (Å²) in [5, 5.41) is 1.43. The quantitative estimate of drug-likeness (QED) is 0.771. The Labute approximate surface area is 162 Å². The zero-order chi connectivity index (χ0) is 18.5. The van der Waals surface area contributed by atoms with Gasteiger partial charge in [0.05, 0.1) is 20.8 Å². The van der Waals surface area contributed by atoms with Crippen LogP contribution in [0, 0.1) is 0 Å². The number of ether oxygens (including phenoxy) is 2. The smallest absolute Gasteiger partial charge is 0.260 e. The van der Waals surface area contributed by atoms with Gasteiger partial charge in [-0.1, -0.05) is 41.6 Å². The SMILES string of the molecule is COc1ccc(C(=O)N2CCN=C2SCc2ccccc2Cl)cc1OC. The molecule has 0 aliphatic carbocycles. The van der Waals surface area contributed by atoms with Crippen molar-refractivity contribution in [1.29, 1.82) is 0 Å². The molecule has 1 heterocycles. The number of rotatable bonds is 5. The van der Waals surface area contributed by atoms with E-state index in [0.717, 1.165) is 10.6 Å². The van der Waals surface area contributed by atoms with Crippen LogP contribution in [-0.4, -0.2) is 43.3 Å². The Balaban J connectivity index is 1.73. The summed E-state index contributed by atoms with van der Waals surface area (Å²) in [6.07, 6.45) is 0. The molecule has 0 saturated heterocycles. The van der Waals surface area contributed by atoms with Crippen LogP contribution >= 0.6 is 23.4 Å². The lowest BCUT2D eigenvalue weighted by Crippen LogP contribution is -2.32. The standard InChI is InChI=1S/C19H19ClN2O3S/c1-24-16-8-7-13(11-17(16)25-2)18(23)22-10-9-21-19(22)26-12-14-5-3-4-6-15(14)20/h3-8,11H,9-10,12H2,1-2H3. The summed E-state index contributed by atoms with van der Waals surface area (Å²) in [7, 11) is 3.12. The highest BCUT2D eigenvalue weighted by Gasteiger charge is 2.26. The van der Waals surface area contributed by atoms with Gasteiger partial charge in [-0.25, -0.2) is 0 Å². The van der Waals surface area contributed by atoms with Crippen molar-refractivity contribution in [3.8, 4) is 11.5 Å². The van der Waals surface area contributed by atoms with E-state index in [2.05, 4.69) is 4.99 Å². The van der Waals surface area contributed by atoms with Gasteiger partial charge in [0.15, 0.2) is 16.7 Å². The first-order chi connectivity index (χ1) is 12.6. The Morgan fingerprint density at radius 1 is 1.19 bits per heavy atom. The zero-order valence-electron chi connectivity index (χ0n) is 14.6. The van der Waals surface area contributed by atoms with Crippen molar-refractivity contribution in [2.75, 3.05) is 27.3 Å². The minimum absolute atomic E-state index is 0.103. The maximum Gasteiger partial charge on any atom is 0.260 e. The van der Waals surface area contributed by atoms with Crippen LogP contribution in [0.5, 0.6) is 11.5 Å². The molecule has 0 spiro atoms. The fourth-order valence-corrected chi connectivity index (χ4v) is 3.95. The second-order valence-electron chi connectivity index (χ2n) is 5.57. The summed E-state index contributed by atoms with van der Waals surface area (Å²) < 4.78 is 10.5. The number of hydrogen-bond donors (Lipinski definition) is 0. The maximum atomic E-state index is 12.9. The summed E-state index contributed by atoms with van der Waals surface area (Å²) in [6.45, 7) is 1.17. The molecule has 0 radical (unpaired) electrons. The van der Waals surface area contributed by atoms with Gasteiger partial charge < -0.3 is 9.47 Å². The van der Waals surface area contributed by atoms with E-state index < -0.39 is 0 Å². The number of methoxy groups -OCH3 is 2. The molecule has 1 amide bonds. The number of halogens is 1. The molecule has 0 unspecified atom stereocenters. The largest absolute Gasteiger partial charge is 0.493 e. The number of thioether (sulfide) groups is 1. The second kappa shape index (κ2) is 8.47. The van der Waals surface area contributed by atoms with Gasteiger partial charge in [-0.15, -0.1) is 0 Å². The van der Waals surface area contributed by atoms with Crippen LogP contribution in [0.2, 0.25) is 5.02 Å². The molecule has 3 rings (SSSR count). The fraction of sp³-hybridized carbons (Fsp3) is 0.263. The maximum absolute atomic E-state index is 12.9. The van der Waals surface area contributed by atoms with Gasteiger partial charge in [-0.3, -0.25) is 14.7 Å². The van der Waals surface area contributed by atoms with Crippen LogP contribution in [0.3, 0.4) is 0 Å². The molecule has 0 aromatic heterocycles. The Bertz CT molecular complexity index is 841. The van der Waals surface area contributed by atoms with E-state index in [0.29, 0.717) is 41.1 Å². The first-order valence-electron chi connectivity index (χ1n) is 8.08. The molecule has 0 atom stereocenters. The normalized spacial score (nSPS) is 13.5. The molecule has 5 nitrogen and oxygen atoms in total. The van der Waals surface area contributed by atoms with Gasteiger partial charge in [0.2, 0.25) is 0 Å². The van der Waals surface area contributed by atoms with E-state index in [-0.39, 0.29) is 5.91 Å². The lowest BCUT2D eigenvalue weighted by molar-refractivity contribution is 0.0860. The summed E-state index contributed by atoms with van der Waals surface area (Å²) in [5.74, 6) is 1.68. The van der Waals surface area contributed by atoms with Gasteiger partial charge in [-0.05, 0) is 29.8 Å².